The fourth-order valence-corrected chi connectivity index (χ4v) is 1.92. The van der Waals surface area contributed by atoms with Crippen LogP contribution in [0.5, 0.6) is 5.75 Å². The molecule has 1 heterocycles. The Balaban J connectivity index is 2.18. The van der Waals surface area contributed by atoms with Crippen molar-refractivity contribution < 1.29 is 19.1 Å². The summed E-state index contributed by atoms with van der Waals surface area (Å²) in [6.45, 7) is 1.58. The topological polar surface area (TPSA) is 83.5 Å². The Morgan fingerprint density at radius 1 is 1.55 bits per heavy atom. The second-order valence-electron chi connectivity index (χ2n) is 4.00. The zero-order valence-corrected chi connectivity index (χ0v) is 11.3. The standard InChI is InChI=1S/C14H10ClNO4/c1-8-10(14(17)18)5-9(20-8)7-19-13-4-2-3-12(15)11(13)6-16/h2-5H,7H2,1H3,(H,17,18). The van der Waals surface area contributed by atoms with Crippen LogP contribution < -0.4 is 4.74 Å². The quantitative estimate of drug-likeness (QED) is 0.933. The highest BCUT2D eigenvalue weighted by molar-refractivity contribution is 6.31. The van der Waals surface area contributed by atoms with Crippen LogP contribution in [-0.2, 0) is 6.61 Å². The number of furan rings is 1. The third-order valence-electron chi connectivity index (χ3n) is 2.66. The fraction of sp³-hybridized carbons (Fsp3) is 0.143. The molecule has 2 rings (SSSR count). The Kier molecular flexibility index (Phi) is 3.97. The molecule has 0 unspecified atom stereocenters. The van der Waals surface area contributed by atoms with E-state index in [0.717, 1.165) is 0 Å². The molecule has 0 fully saturated rings. The molecule has 0 bridgehead atoms. The van der Waals surface area contributed by atoms with Crippen LogP contribution in [0.25, 0.3) is 0 Å². The number of carbonyl (C=O) groups is 1. The highest BCUT2D eigenvalue weighted by Gasteiger charge is 2.15. The summed E-state index contributed by atoms with van der Waals surface area (Å²) in [5, 5.41) is 18.2. The van der Waals surface area contributed by atoms with Crippen LogP contribution in [0.2, 0.25) is 5.02 Å². The molecule has 2 aromatic rings. The largest absolute Gasteiger partial charge is 0.484 e. The number of aromatic carboxylic acids is 1. The number of carboxylic acid groups (broad SMARTS) is 1. The molecule has 0 spiro atoms. The van der Waals surface area contributed by atoms with E-state index in [2.05, 4.69) is 0 Å². The lowest BCUT2D eigenvalue weighted by atomic mass is 10.2. The first-order valence-electron chi connectivity index (χ1n) is 5.67. The average molecular weight is 292 g/mol. The van der Waals surface area contributed by atoms with E-state index in [4.69, 9.17) is 31.1 Å². The molecule has 6 heteroatoms. The van der Waals surface area contributed by atoms with Gasteiger partial charge in [-0.25, -0.2) is 4.79 Å². The number of nitriles is 1. The highest BCUT2D eigenvalue weighted by atomic mass is 35.5. The van der Waals surface area contributed by atoms with E-state index in [0.29, 0.717) is 22.3 Å². The number of rotatable bonds is 4. The third-order valence-corrected chi connectivity index (χ3v) is 2.97. The monoisotopic (exact) mass is 291 g/mol. The van der Waals surface area contributed by atoms with E-state index < -0.39 is 5.97 Å². The van der Waals surface area contributed by atoms with Gasteiger partial charge in [0, 0.05) is 0 Å². The van der Waals surface area contributed by atoms with Crippen LogP contribution in [0.4, 0.5) is 0 Å². The van der Waals surface area contributed by atoms with Crippen LogP contribution in [-0.4, -0.2) is 11.1 Å². The Bertz CT molecular complexity index is 700. The smallest absolute Gasteiger partial charge is 0.339 e. The summed E-state index contributed by atoms with van der Waals surface area (Å²) in [5.41, 5.74) is 0.325. The summed E-state index contributed by atoms with van der Waals surface area (Å²) in [5.74, 6) is -0.0598. The molecule has 0 saturated heterocycles. The van der Waals surface area contributed by atoms with Crippen molar-refractivity contribution in [1.29, 1.82) is 5.26 Å². The molecule has 0 saturated carbocycles. The summed E-state index contributed by atoms with van der Waals surface area (Å²) in [4.78, 5) is 10.9. The Morgan fingerprint density at radius 3 is 2.90 bits per heavy atom. The van der Waals surface area contributed by atoms with Crippen molar-refractivity contribution in [2.45, 2.75) is 13.5 Å². The van der Waals surface area contributed by atoms with E-state index in [9.17, 15) is 4.79 Å². The van der Waals surface area contributed by atoms with E-state index in [1.807, 2.05) is 6.07 Å². The maximum Gasteiger partial charge on any atom is 0.339 e. The molecule has 0 atom stereocenters. The molecule has 1 aromatic heterocycles. The normalized spacial score (nSPS) is 10.1. The molecule has 0 radical (unpaired) electrons. The van der Waals surface area contributed by atoms with E-state index in [1.165, 1.54) is 6.07 Å². The van der Waals surface area contributed by atoms with Crippen molar-refractivity contribution in [1.82, 2.24) is 0 Å². The maximum absolute atomic E-state index is 10.9. The number of hydrogen-bond donors (Lipinski definition) is 1. The first kappa shape index (κ1) is 14.0. The van der Waals surface area contributed by atoms with Gasteiger partial charge in [-0.3, -0.25) is 0 Å². The van der Waals surface area contributed by atoms with E-state index in [-0.39, 0.29) is 17.7 Å². The van der Waals surface area contributed by atoms with Crippen molar-refractivity contribution >= 4 is 17.6 Å². The van der Waals surface area contributed by atoms with Gasteiger partial charge in [-0.1, -0.05) is 17.7 Å². The van der Waals surface area contributed by atoms with Crippen molar-refractivity contribution in [2.75, 3.05) is 0 Å². The zero-order chi connectivity index (χ0) is 14.7. The highest BCUT2D eigenvalue weighted by Crippen LogP contribution is 2.26. The van der Waals surface area contributed by atoms with Crippen LogP contribution in [0.1, 0.15) is 27.4 Å². The number of halogens is 1. The minimum Gasteiger partial charge on any atom is -0.484 e. The Morgan fingerprint density at radius 2 is 2.30 bits per heavy atom. The average Bonchev–Trinajstić information content (AvgIpc) is 2.78. The lowest BCUT2D eigenvalue weighted by Crippen LogP contribution is -1.97. The third kappa shape index (κ3) is 2.76. The SMILES string of the molecule is Cc1oc(COc2cccc(Cl)c2C#N)cc1C(=O)O. The maximum atomic E-state index is 10.9. The van der Waals surface area contributed by atoms with Gasteiger partial charge in [-0.05, 0) is 25.1 Å². The van der Waals surface area contributed by atoms with Crippen LogP contribution >= 0.6 is 11.6 Å². The minimum atomic E-state index is -1.06. The van der Waals surface area contributed by atoms with Gasteiger partial charge in [-0.2, -0.15) is 5.26 Å². The summed E-state index contributed by atoms with van der Waals surface area (Å²) in [7, 11) is 0. The van der Waals surface area contributed by atoms with Crippen LogP contribution in [0.3, 0.4) is 0 Å². The van der Waals surface area contributed by atoms with Gasteiger partial charge >= 0.3 is 5.97 Å². The summed E-state index contributed by atoms with van der Waals surface area (Å²) < 4.78 is 10.7. The number of carboxylic acids is 1. The molecular formula is C14H10ClNO4. The summed E-state index contributed by atoms with van der Waals surface area (Å²) in [6, 6.07) is 8.21. The van der Waals surface area contributed by atoms with Crippen LogP contribution in [0, 0.1) is 18.3 Å². The predicted molar refractivity (Wildman–Crippen MR) is 70.9 cm³/mol. The molecule has 0 aliphatic carbocycles. The van der Waals surface area contributed by atoms with Gasteiger partial charge in [-0.15, -0.1) is 0 Å². The van der Waals surface area contributed by atoms with Gasteiger partial charge in [0.25, 0.3) is 0 Å². The zero-order valence-electron chi connectivity index (χ0n) is 10.5. The Hall–Kier alpha value is -2.45. The van der Waals surface area contributed by atoms with Gasteiger partial charge in [0.1, 0.15) is 41.1 Å². The first-order chi connectivity index (χ1) is 9.52. The van der Waals surface area contributed by atoms with Gasteiger partial charge in [0.15, 0.2) is 0 Å². The molecule has 5 nitrogen and oxygen atoms in total. The van der Waals surface area contributed by atoms with Crippen LogP contribution in [0.15, 0.2) is 28.7 Å². The molecule has 20 heavy (non-hydrogen) atoms. The number of ether oxygens (including phenoxy) is 1. The number of hydrogen-bond acceptors (Lipinski definition) is 4. The van der Waals surface area contributed by atoms with Crippen molar-refractivity contribution in [3.63, 3.8) is 0 Å². The van der Waals surface area contributed by atoms with E-state index in [1.54, 1.807) is 25.1 Å². The second-order valence-corrected chi connectivity index (χ2v) is 4.41. The summed E-state index contributed by atoms with van der Waals surface area (Å²) >= 11 is 5.88. The Labute approximate surface area is 120 Å². The first-order valence-corrected chi connectivity index (χ1v) is 6.04. The predicted octanol–water partition coefficient (Wildman–Crippen LogP) is 3.39. The van der Waals surface area contributed by atoms with Gasteiger partial charge in [0.2, 0.25) is 0 Å². The molecule has 0 amide bonds. The lowest BCUT2D eigenvalue weighted by molar-refractivity contribution is 0.0695. The van der Waals surface area contributed by atoms with Crippen molar-refractivity contribution in [3.8, 4) is 11.8 Å². The minimum absolute atomic E-state index is 0.0170. The number of nitrogens with zero attached hydrogens (tertiary/aromatic N) is 1. The lowest BCUT2D eigenvalue weighted by Gasteiger charge is -2.06. The summed E-state index contributed by atoms with van der Waals surface area (Å²) in [6.07, 6.45) is 0. The van der Waals surface area contributed by atoms with Crippen molar-refractivity contribution in [3.05, 3.63) is 51.9 Å². The molecule has 0 aliphatic rings. The molecule has 1 aromatic carbocycles. The molecule has 0 aliphatic heterocycles. The van der Waals surface area contributed by atoms with E-state index >= 15 is 0 Å². The van der Waals surface area contributed by atoms with Gasteiger partial charge < -0.3 is 14.3 Å². The number of aryl methyl sites for hydroxylation is 1. The number of benzene rings is 1. The van der Waals surface area contributed by atoms with Crippen molar-refractivity contribution in [2.24, 2.45) is 0 Å². The van der Waals surface area contributed by atoms with Gasteiger partial charge in [0.05, 0.1) is 5.02 Å². The molecular weight excluding hydrogens is 282 g/mol. The molecule has 1 N–H and O–H groups in total. The molecule has 102 valence electrons. The fourth-order valence-electron chi connectivity index (χ4n) is 1.71. The second kappa shape index (κ2) is 5.68.